The highest BCUT2D eigenvalue weighted by Gasteiger charge is 2.43. The van der Waals surface area contributed by atoms with Gasteiger partial charge in [-0.25, -0.2) is 9.97 Å². The lowest BCUT2D eigenvalue weighted by Gasteiger charge is -2.51. The second-order valence-corrected chi connectivity index (χ2v) is 12.2. The third-order valence-electron chi connectivity index (χ3n) is 8.83. The number of nitrogens with one attached hydrogen (secondary N) is 1. The summed E-state index contributed by atoms with van der Waals surface area (Å²) in [6.45, 7) is 11.1. The van der Waals surface area contributed by atoms with Crippen molar-refractivity contribution in [2.24, 2.45) is 23.7 Å². The molecule has 3 fully saturated rings. The summed E-state index contributed by atoms with van der Waals surface area (Å²) in [4.78, 5) is 40.6. The number of fused-ring (bicyclic) bond motifs is 5. The third-order valence-corrected chi connectivity index (χ3v) is 8.83. The molecule has 7 heteroatoms. The number of hydrogen-bond acceptors (Lipinski definition) is 5. The highest BCUT2D eigenvalue weighted by molar-refractivity contribution is 5.89. The van der Waals surface area contributed by atoms with Gasteiger partial charge in [0.2, 0.25) is 11.8 Å². The minimum Gasteiger partial charge on any atom is -0.355 e. The van der Waals surface area contributed by atoms with Crippen LogP contribution in [0.4, 0.5) is 5.82 Å². The van der Waals surface area contributed by atoms with E-state index in [1.54, 1.807) is 0 Å². The first-order valence-electron chi connectivity index (χ1n) is 14.4. The van der Waals surface area contributed by atoms with Gasteiger partial charge >= 0.3 is 0 Å². The summed E-state index contributed by atoms with van der Waals surface area (Å²) in [6.07, 6.45) is 5.89. The van der Waals surface area contributed by atoms with Crippen LogP contribution >= 0.6 is 0 Å². The average Bonchev–Trinajstić information content (AvgIpc) is 2.87. The Balaban J connectivity index is 1.39. The zero-order chi connectivity index (χ0) is 26.1. The van der Waals surface area contributed by atoms with Gasteiger partial charge in [0.05, 0.1) is 5.52 Å². The number of hydrogen-bond donors (Lipinski definition) is 1. The molecule has 0 unspecified atom stereocenters. The summed E-state index contributed by atoms with van der Waals surface area (Å²) in [5, 5.41) is 4.39. The van der Waals surface area contributed by atoms with Gasteiger partial charge < -0.3 is 15.1 Å². The van der Waals surface area contributed by atoms with E-state index in [1.807, 2.05) is 13.0 Å². The molecule has 3 aliphatic heterocycles. The molecule has 1 N–H and O–H groups in total. The molecule has 5 atom stereocenters. The van der Waals surface area contributed by atoms with Crippen LogP contribution in [0.3, 0.4) is 0 Å². The summed E-state index contributed by atoms with van der Waals surface area (Å²) in [5.41, 5.74) is 0.985. The topological polar surface area (TPSA) is 78.4 Å². The van der Waals surface area contributed by atoms with Gasteiger partial charge in [-0.2, -0.15) is 0 Å². The molecule has 4 heterocycles. The van der Waals surface area contributed by atoms with Crippen LogP contribution in [-0.2, 0) is 9.59 Å². The Labute approximate surface area is 221 Å². The number of amides is 2. The number of anilines is 1. The number of aromatic nitrogens is 2. The van der Waals surface area contributed by atoms with Crippen LogP contribution in [0.2, 0.25) is 0 Å². The Morgan fingerprint density at radius 1 is 1.03 bits per heavy atom. The van der Waals surface area contributed by atoms with Crippen molar-refractivity contribution in [3.05, 3.63) is 30.1 Å². The van der Waals surface area contributed by atoms with E-state index in [9.17, 15) is 9.59 Å². The minimum atomic E-state index is 0.158. The number of piperidine rings is 2. The number of rotatable bonds is 2. The maximum Gasteiger partial charge on any atom is 0.223 e. The Kier molecular flexibility index (Phi) is 7.68. The van der Waals surface area contributed by atoms with Crippen molar-refractivity contribution >= 4 is 28.5 Å². The molecule has 2 bridgehead atoms. The molecule has 0 radical (unpaired) electrons. The number of nitrogens with zero attached hydrogens (tertiary/aromatic N) is 4. The fourth-order valence-corrected chi connectivity index (χ4v) is 6.90. The Bertz CT molecular complexity index is 1130. The van der Waals surface area contributed by atoms with E-state index in [2.05, 4.69) is 59.1 Å². The maximum absolute atomic E-state index is 13.7. The second-order valence-electron chi connectivity index (χ2n) is 12.2. The fourth-order valence-electron chi connectivity index (χ4n) is 6.90. The average molecular weight is 506 g/mol. The maximum atomic E-state index is 13.7. The summed E-state index contributed by atoms with van der Waals surface area (Å²) >= 11 is 0. The van der Waals surface area contributed by atoms with Gasteiger partial charge in [-0.05, 0) is 74.8 Å². The first-order chi connectivity index (χ1) is 17.8. The number of benzene rings is 1. The van der Waals surface area contributed by atoms with Crippen molar-refractivity contribution < 1.29 is 9.59 Å². The van der Waals surface area contributed by atoms with Crippen LogP contribution in [-0.4, -0.2) is 58.4 Å². The quantitative estimate of drug-likeness (QED) is 0.639. The first-order valence-corrected chi connectivity index (χ1v) is 14.4. The lowest BCUT2D eigenvalue weighted by atomic mass is 9.77. The Hall–Kier alpha value is -2.70. The zero-order valence-electron chi connectivity index (χ0n) is 22.9. The molecule has 200 valence electrons. The van der Waals surface area contributed by atoms with Crippen LogP contribution in [0, 0.1) is 30.6 Å². The van der Waals surface area contributed by atoms with Crippen LogP contribution in [0.1, 0.15) is 71.5 Å². The first kappa shape index (κ1) is 25.9. The number of para-hydroxylation sites is 1. The minimum absolute atomic E-state index is 0.158. The van der Waals surface area contributed by atoms with Crippen molar-refractivity contribution in [3.63, 3.8) is 0 Å². The van der Waals surface area contributed by atoms with Crippen molar-refractivity contribution in [3.8, 4) is 0 Å². The summed E-state index contributed by atoms with van der Waals surface area (Å²) in [6, 6.07) is 8.63. The largest absolute Gasteiger partial charge is 0.355 e. The molecule has 0 aliphatic carbocycles. The fraction of sp³-hybridized carbons (Fsp3) is 0.667. The van der Waals surface area contributed by atoms with Gasteiger partial charge in [0.15, 0.2) is 0 Å². The molecule has 2 amide bonds. The molecule has 7 nitrogen and oxygen atoms in total. The lowest BCUT2D eigenvalue weighted by molar-refractivity contribution is -0.139. The van der Waals surface area contributed by atoms with E-state index in [4.69, 9.17) is 4.98 Å². The summed E-state index contributed by atoms with van der Waals surface area (Å²) in [7, 11) is 0. The molecule has 1 aromatic heterocycles. The normalized spacial score (nSPS) is 29.8. The van der Waals surface area contributed by atoms with E-state index >= 15 is 0 Å². The Morgan fingerprint density at radius 3 is 2.65 bits per heavy atom. The van der Waals surface area contributed by atoms with Gasteiger partial charge in [0.1, 0.15) is 11.6 Å². The van der Waals surface area contributed by atoms with Crippen LogP contribution < -0.4 is 10.2 Å². The van der Waals surface area contributed by atoms with Gasteiger partial charge in [0, 0.05) is 49.9 Å². The third kappa shape index (κ3) is 5.75. The molecule has 0 spiro atoms. The number of carbonyl (C=O) groups excluding carboxylic acids is 2. The highest BCUT2D eigenvalue weighted by atomic mass is 16.2. The monoisotopic (exact) mass is 505 g/mol. The molecule has 3 aliphatic rings. The second kappa shape index (κ2) is 11.0. The molecular formula is C30H43N5O2. The van der Waals surface area contributed by atoms with Crippen molar-refractivity contribution in [1.82, 2.24) is 20.2 Å². The van der Waals surface area contributed by atoms with E-state index in [0.29, 0.717) is 42.4 Å². The molecule has 1 aromatic carbocycles. The SMILES string of the molecule is Cc1nc(N2C[C@@H]3C[C@H](C2)[C@@H]2CCCC(=O)N[C@H](C(C)C)CC[C@@H](C)CC(=O)N2C3)c2ccccc2n1. The molecule has 3 saturated heterocycles. The zero-order valence-corrected chi connectivity index (χ0v) is 22.9. The van der Waals surface area contributed by atoms with Crippen molar-refractivity contribution in [2.75, 3.05) is 24.5 Å². The van der Waals surface area contributed by atoms with E-state index in [0.717, 1.165) is 74.3 Å². The molecule has 37 heavy (non-hydrogen) atoms. The van der Waals surface area contributed by atoms with Crippen molar-refractivity contribution in [1.29, 1.82) is 0 Å². The van der Waals surface area contributed by atoms with Crippen molar-refractivity contribution in [2.45, 2.75) is 84.7 Å². The molecule has 5 rings (SSSR count). The highest BCUT2D eigenvalue weighted by Crippen LogP contribution is 2.39. The molecule has 2 aromatic rings. The Morgan fingerprint density at radius 2 is 1.84 bits per heavy atom. The van der Waals surface area contributed by atoms with Gasteiger partial charge in [-0.15, -0.1) is 0 Å². The van der Waals surface area contributed by atoms with E-state index in [1.165, 1.54) is 0 Å². The van der Waals surface area contributed by atoms with Crippen LogP contribution in [0.25, 0.3) is 10.9 Å². The van der Waals surface area contributed by atoms with Gasteiger partial charge in [0.25, 0.3) is 0 Å². The molecular weight excluding hydrogens is 462 g/mol. The summed E-state index contributed by atoms with van der Waals surface area (Å²) in [5.74, 6) is 3.83. The smallest absolute Gasteiger partial charge is 0.223 e. The van der Waals surface area contributed by atoms with Gasteiger partial charge in [-0.3, -0.25) is 9.59 Å². The number of carbonyl (C=O) groups is 2. The summed E-state index contributed by atoms with van der Waals surface area (Å²) < 4.78 is 0. The van der Waals surface area contributed by atoms with Gasteiger partial charge in [-0.1, -0.05) is 32.9 Å². The van der Waals surface area contributed by atoms with Crippen LogP contribution in [0.15, 0.2) is 24.3 Å². The molecule has 0 saturated carbocycles. The lowest BCUT2D eigenvalue weighted by Crippen LogP contribution is -2.59. The standard InChI is InChI=1S/C30H43N5O2/c1-19(2)25-13-12-20(3)14-29(37)35-17-22-15-23(27(35)10-7-11-28(36)33-25)18-34(16-22)30-24-8-5-6-9-26(24)31-21(4)32-30/h5-6,8-9,19-20,22-23,25,27H,7,10-18H2,1-4H3,(H,33,36)/t20-,22+,23-,25+,27+/m1/s1. The predicted molar refractivity (Wildman–Crippen MR) is 147 cm³/mol. The van der Waals surface area contributed by atoms with E-state index in [-0.39, 0.29) is 18.0 Å². The van der Waals surface area contributed by atoms with Crippen LogP contribution in [0.5, 0.6) is 0 Å². The number of aryl methyl sites for hydroxylation is 1. The predicted octanol–water partition coefficient (Wildman–Crippen LogP) is 4.72. The van der Waals surface area contributed by atoms with E-state index < -0.39 is 0 Å².